The summed E-state index contributed by atoms with van der Waals surface area (Å²) in [5, 5.41) is 14.0. The highest BCUT2D eigenvalue weighted by molar-refractivity contribution is 6.30. The number of fused-ring (bicyclic) bond motifs is 3. The average Bonchev–Trinajstić information content (AvgIpc) is 3.09. The van der Waals surface area contributed by atoms with Gasteiger partial charge in [0.05, 0.1) is 11.5 Å². The molecule has 0 spiro atoms. The minimum atomic E-state index is -0.600. The van der Waals surface area contributed by atoms with Crippen LogP contribution in [0.15, 0.2) is 66.7 Å². The number of benzene rings is 3. The van der Waals surface area contributed by atoms with Gasteiger partial charge < -0.3 is 10.1 Å². The fraction of sp³-hybridized carbons (Fsp3) is 0.125. The topological polar surface area (TPSA) is 81.5 Å². The van der Waals surface area contributed by atoms with Gasteiger partial charge in [-0.15, -0.1) is 0 Å². The summed E-state index contributed by atoms with van der Waals surface area (Å²) in [7, 11) is 0. The third kappa shape index (κ3) is 4.37. The molecular weight excluding hydrogens is 416 g/mol. The van der Waals surface area contributed by atoms with Gasteiger partial charge in [0.2, 0.25) is 0 Å². The van der Waals surface area contributed by atoms with E-state index in [9.17, 15) is 14.9 Å². The standard InChI is InChI=1S/C24H17ClN2O4/c25-17-11-12-23(27(29)30)16(14-17)6-5-13-26-24(28)31-15-22-20-9-3-1-7-18(20)19-8-2-4-10-21(19)22/h1-4,7-12,14,22H,13,15H2,(H,26,28). The number of nitrogens with one attached hydrogen (secondary N) is 1. The van der Waals surface area contributed by atoms with Gasteiger partial charge in [-0.2, -0.15) is 0 Å². The fourth-order valence-electron chi connectivity index (χ4n) is 3.67. The van der Waals surface area contributed by atoms with Crippen molar-refractivity contribution in [1.82, 2.24) is 5.32 Å². The summed E-state index contributed by atoms with van der Waals surface area (Å²) in [6.07, 6.45) is -0.600. The molecule has 7 heteroatoms. The van der Waals surface area contributed by atoms with Crippen molar-refractivity contribution in [3.63, 3.8) is 0 Å². The number of carbonyl (C=O) groups is 1. The van der Waals surface area contributed by atoms with Crippen LogP contribution in [-0.2, 0) is 4.74 Å². The lowest BCUT2D eigenvalue weighted by Gasteiger charge is -2.14. The Morgan fingerprint density at radius 2 is 1.71 bits per heavy atom. The van der Waals surface area contributed by atoms with E-state index in [1.54, 1.807) is 0 Å². The molecule has 0 radical (unpaired) electrons. The normalized spacial score (nSPS) is 11.6. The van der Waals surface area contributed by atoms with Gasteiger partial charge in [0, 0.05) is 17.0 Å². The third-order valence-corrected chi connectivity index (χ3v) is 5.28. The zero-order valence-electron chi connectivity index (χ0n) is 16.3. The van der Waals surface area contributed by atoms with Crippen LogP contribution in [0.5, 0.6) is 0 Å². The van der Waals surface area contributed by atoms with E-state index in [1.165, 1.54) is 18.2 Å². The molecule has 154 valence electrons. The van der Waals surface area contributed by atoms with Crippen molar-refractivity contribution in [2.24, 2.45) is 0 Å². The number of alkyl carbamates (subject to hydrolysis) is 1. The lowest BCUT2D eigenvalue weighted by molar-refractivity contribution is -0.385. The molecule has 4 rings (SSSR count). The monoisotopic (exact) mass is 432 g/mol. The van der Waals surface area contributed by atoms with Crippen LogP contribution in [0, 0.1) is 22.0 Å². The van der Waals surface area contributed by atoms with Crippen LogP contribution in [-0.4, -0.2) is 24.2 Å². The number of hydrogen-bond donors (Lipinski definition) is 1. The Morgan fingerprint density at radius 1 is 1.06 bits per heavy atom. The van der Waals surface area contributed by atoms with E-state index >= 15 is 0 Å². The fourth-order valence-corrected chi connectivity index (χ4v) is 3.84. The van der Waals surface area contributed by atoms with Gasteiger partial charge in [-0.25, -0.2) is 4.79 Å². The molecule has 1 amide bonds. The molecule has 0 bridgehead atoms. The zero-order valence-corrected chi connectivity index (χ0v) is 17.1. The third-order valence-electron chi connectivity index (χ3n) is 5.04. The number of nitro groups is 1. The summed E-state index contributed by atoms with van der Waals surface area (Å²) in [6.45, 7) is 0.188. The molecule has 0 aliphatic heterocycles. The lowest BCUT2D eigenvalue weighted by atomic mass is 9.98. The Balaban J connectivity index is 1.37. The summed E-state index contributed by atoms with van der Waals surface area (Å²) < 4.78 is 5.43. The first-order valence-corrected chi connectivity index (χ1v) is 9.94. The van der Waals surface area contributed by atoms with Crippen molar-refractivity contribution in [3.05, 3.63) is 98.6 Å². The van der Waals surface area contributed by atoms with Crippen molar-refractivity contribution < 1.29 is 14.5 Å². The zero-order chi connectivity index (χ0) is 21.8. The molecule has 6 nitrogen and oxygen atoms in total. The first-order chi connectivity index (χ1) is 15.0. The number of halogens is 1. The summed E-state index contributed by atoms with van der Waals surface area (Å²) in [5.74, 6) is 5.33. The molecule has 0 atom stereocenters. The molecular formula is C24H17ClN2O4. The highest BCUT2D eigenvalue weighted by Gasteiger charge is 2.28. The molecule has 1 N–H and O–H groups in total. The number of amides is 1. The second-order valence-electron chi connectivity index (χ2n) is 6.90. The van der Waals surface area contributed by atoms with E-state index < -0.39 is 11.0 Å². The molecule has 3 aromatic rings. The van der Waals surface area contributed by atoms with E-state index in [4.69, 9.17) is 16.3 Å². The molecule has 0 aromatic heterocycles. The highest BCUT2D eigenvalue weighted by atomic mass is 35.5. The first kappa shape index (κ1) is 20.5. The van der Waals surface area contributed by atoms with Crippen LogP contribution in [0.25, 0.3) is 11.1 Å². The number of nitro benzene ring substituents is 1. The summed E-state index contributed by atoms with van der Waals surface area (Å²) in [6, 6.07) is 20.3. The Labute approximate surface area is 184 Å². The van der Waals surface area contributed by atoms with Crippen molar-refractivity contribution in [3.8, 4) is 23.0 Å². The van der Waals surface area contributed by atoms with Gasteiger partial charge in [0.25, 0.3) is 5.69 Å². The van der Waals surface area contributed by atoms with Crippen LogP contribution in [0.4, 0.5) is 10.5 Å². The average molecular weight is 433 g/mol. The molecule has 0 heterocycles. The first-order valence-electron chi connectivity index (χ1n) is 9.56. The minimum Gasteiger partial charge on any atom is -0.449 e. The van der Waals surface area contributed by atoms with Crippen LogP contribution in [0.1, 0.15) is 22.6 Å². The maximum atomic E-state index is 12.1. The van der Waals surface area contributed by atoms with E-state index in [2.05, 4.69) is 29.3 Å². The SMILES string of the molecule is O=C(NCC#Cc1cc(Cl)ccc1[N+](=O)[O-])OCC1c2ccccc2-c2ccccc21. The smallest absolute Gasteiger partial charge is 0.407 e. The van der Waals surface area contributed by atoms with Gasteiger partial charge in [0.1, 0.15) is 12.2 Å². The number of hydrogen-bond acceptors (Lipinski definition) is 4. The van der Waals surface area contributed by atoms with Crippen LogP contribution in [0.3, 0.4) is 0 Å². The molecule has 31 heavy (non-hydrogen) atoms. The number of ether oxygens (including phenoxy) is 1. The van der Waals surface area contributed by atoms with E-state index in [1.807, 2.05) is 36.4 Å². The summed E-state index contributed by atoms with van der Waals surface area (Å²) in [4.78, 5) is 22.7. The predicted molar refractivity (Wildman–Crippen MR) is 118 cm³/mol. The second kappa shape index (κ2) is 8.90. The van der Waals surface area contributed by atoms with Crippen molar-refractivity contribution in [2.75, 3.05) is 13.2 Å². The molecule has 3 aromatic carbocycles. The predicted octanol–water partition coefficient (Wildman–Crippen LogP) is 5.14. The van der Waals surface area contributed by atoms with E-state index in [-0.39, 0.29) is 30.3 Å². The molecule has 0 saturated heterocycles. The van der Waals surface area contributed by atoms with Crippen molar-refractivity contribution in [2.45, 2.75) is 5.92 Å². The maximum Gasteiger partial charge on any atom is 0.407 e. The van der Waals surface area contributed by atoms with Crippen LogP contribution in [0.2, 0.25) is 5.02 Å². The van der Waals surface area contributed by atoms with E-state index in [0.29, 0.717) is 5.02 Å². The largest absolute Gasteiger partial charge is 0.449 e. The molecule has 1 aliphatic rings. The molecule has 0 saturated carbocycles. The summed E-state index contributed by atoms with van der Waals surface area (Å²) >= 11 is 5.88. The highest BCUT2D eigenvalue weighted by Crippen LogP contribution is 2.44. The Bertz CT molecular complexity index is 1180. The quantitative estimate of drug-likeness (QED) is 0.351. The van der Waals surface area contributed by atoms with Crippen LogP contribution >= 0.6 is 11.6 Å². The molecule has 0 unspecified atom stereocenters. The van der Waals surface area contributed by atoms with Gasteiger partial charge in [-0.05, 0) is 34.4 Å². The van der Waals surface area contributed by atoms with Gasteiger partial charge >= 0.3 is 6.09 Å². The van der Waals surface area contributed by atoms with E-state index in [0.717, 1.165) is 22.3 Å². The van der Waals surface area contributed by atoms with Crippen LogP contribution < -0.4 is 5.32 Å². The molecule has 1 aliphatic carbocycles. The van der Waals surface area contributed by atoms with Gasteiger partial charge in [-0.3, -0.25) is 10.1 Å². The maximum absolute atomic E-state index is 12.1. The number of nitrogens with zero attached hydrogens (tertiary/aromatic N) is 1. The second-order valence-corrected chi connectivity index (χ2v) is 7.34. The van der Waals surface area contributed by atoms with Gasteiger partial charge in [0.15, 0.2) is 0 Å². The Hall–Kier alpha value is -3.82. The number of carbonyl (C=O) groups excluding carboxylic acids is 1. The summed E-state index contributed by atoms with van der Waals surface area (Å²) in [5.41, 5.74) is 4.61. The van der Waals surface area contributed by atoms with Gasteiger partial charge in [-0.1, -0.05) is 72.0 Å². The Kier molecular flexibility index (Phi) is 5.87. The number of rotatable bonds is 4. The minimum absolute atomic E-state index is 0.0136. The van der Waals surface area contributed by atoms with Crippen molar-refractivity contribution >= 4 is 23.4 Å². The Morgan fingerprint density at radius 3 is 2.35 bits per heavy atom. The molecule has 0 fully saturated rings. The lowest BCUT2D eigenvalue weighted by Crippen LogP contribution is -2.26. The van der Waals surface area contributed by atoms with Crippen molar-refractivity contribution in [1.29, 1.82) is 0 Å².